The molecule has 0 unspecified atom stereocenters. The average molecular weight is 381 g/mol. The van der Waals surface area contributed by atoms with Gasteiger partial charge in [0, 0.05) is 5.69 Å². The molecule has 1 aliphatic rings. The van der Waals surface area contributed by atoms with Gasteiger partial charge in [-0.25, -0.2) is 4.79 Å². The number of ether oxygens (including phenoxy) is 2. The molecule has 28 heavy (non-hydrogen) atoms. The first-order valence-electron chi connectivity index (χ1n) is 9.74. The van der Waals surface area contributed by atoms with Crippen molar-refractivity contribution in [2.24, 2.45) is 0 Å². The van der Waals surface area contributed by atoms with Gasteiger partial charge in [0.1, 0.15) is 11.3 Å². The molecule has 0 saturated heterocycles. The van der Waals surface area contributed by atoms with E-state index in [1.807, 2.05) is 25.1 Å². The molecule has 0 bridgehead atoms. The first kappa shape index (κ1) is 19.9. The maximum atomic E-state index is 13.4. The third kappa shape index (κ3) is 3.88. The quantitative estimate of drug-likeness (QED) is 0.741. The molecule has 148 valence electrons. The Balaban J connectivity index is 1.90. The summed E-state index contributed by atoms with van der Waals surface area (Å²) in [5.74, 6) is -0.0778. The lowest BCUT2D eigenvalue weighted by atomic mass is 9.77. The highest BCUT2D eigenvalue weighted by Gasteiger charge is 2.42. The maximum absolute atomic E-state index is 13.4. The number of hydrogen-bond donors (Lipinski definition) is 1. The summed E-state index contributed by atoms with van der Waals surface area (Å²) in [5, 5.41) is 3.03. The van der Waals surface area contributed by atoms with Crippen LogP contribution in [0.5, 0.6) is 5.75 Å². The Morgan fingerprint density at radius 3 is 2.50 bits per heavy atom. The average Bonchev–Trinajstić information content (AvgIpc) is 3.19. The van der Waals surface area contributed by atoms with Crippen molar-refractivity contribution in [2.75, 3.05) is 19.0 Å². The van der Waals surface area contributed by atoms with Crippen LogP contribution in [0.25, 0.3) is 0 Å². The molecule has 0 radical (unpaired) electrons. The van der Waals surface area contributed by atoms with E-state index in [2.05, 4.69) is 11.4 Å². The Hall–Kier alpha value is -2.82. The van der Waals surface area contributed by atoms with E-state index in [0.717, 1.165) is 36.8 Å². The van der Waals surface area contributed by atoms with Gasteiger partial charge in [-0.3, -0.25) is 4.79 Å². The standard InChI is InChI=1S/C23H27NO4/c1-4-28-21(25)19-15-18(10-11-20(19)27-3)24-22(26)23(12-5-6-13-23)17-9-7-8-16(2)14-17/h7-11,14-15H,4-6,12-13H2,1-3H3,(H,24,26). The van der Waals surface area contributed by atoms with E-state index in [-0.39, 0.29) is 12.5 Å². The zero-order valence-electron chi connectivity index (χ0n) is 16.7. The summed E-state index contributed by atoms with van der Waals surface area (Å²) in [7, 11) is 1.50. The monoisotopic (exact) mass is 381 g/mol. The molecule has 1 fully saturated rings. The number of rotatable bonds is 6. The van der Waals surface area contributed by atoms with Crippen LogP contribution in [0.4, 0.5) is 5.69 Å². The number of aryl methyl sites for hydroxylation is 1. The molecule has 3 rings (SSSR count). The highest BCUT2D eigenvalue weighted by Crippen LogP contribution is 2.42. The largest absolute Gasteiger partial charge is 0.496 e. The van der Waals surface area contributed by atoms with Gasteiger partial charge in [0.15, 0.2) is 0 Å². The Labute approximate surface area is 166 Å². The second kappa shape index (κ2) is 8.46. The van der Waals surface area contributed by atoms with Gasteiger partial charge in [-0.2, -0.15) is 0 Å². The van der Waals surface area contributed by atoms with Crippen molar-refractivity contribution in [3.63, 3.8) is 0 Å². The van der Waals surface area contributed by atoms with Gasteiger partial charge in [-0.05, 0) is 50.5 Å². The summed E-state index contributed by atoms with van der Waals surface area (Å²) in [4.78, 5) is 25.6. The predicted molar refractivity (Wildman–Crippen MR) is 109 cm³/mol. The molecule has 5 nitrogen and oxygen atoms in total. The fourth-order valence-electron chi connectivity index (χ4n) is 3.97. The SMILES string of the molecule is CCOC(=O)c1cc(NC(=O)C2(c3cccc(C)c3)CCCC2)ccc1OC. The van der Waals surface area contributed by atoms with E-state index in [0.29, 0.717) is 17.0 Å². The molecule has 2 aromatic carbocycles. The maximum Gasteiger partial charge on any atom is 0.341 e. The van der Waals surface area contributed by atoms with Crippen molar-refractivity contribution in [1.29, 1.82) is 0 Å². The number of esters is 1. The van der Waals surface area contributed by atoms with Crippen LogP contribution < -0.4 is 10.1 Å². The van der Waals surface area contributed by atoms with Gasteiger partial charge in [-0.15, -0.1) is 0 Å². The molecule has 0 aromatic heterocycles. The van der Waals surface area contributed by atoms with Crippen LogP contribution >= 0.6 is 0 Å². The smallest absolute Gasteiger partial charge is 0.341 e. The van der Waals surface area contributed by atoms with Crippen molar-refractivity contribution in [1.82, 2.24) is 0 Å². The van der Waals surface area contributed by atoms with Crippen LogP contribution in [0.3, 0.4) is 0 Å². The molecule has 1 N–H and O–H groups in total. The number of amides is 1. The molecule has 1 amide bonds. The molecule has 1 saturated carbocycles. The van der Waals surface area contributed by atoms with E-state index in [9.17, 15) is 9.59 Å². The minimum Gasteiger partial charge on any atom is -0.496 e. The molecule has 0 atom stereocenters. The van der Waals surface area contributed by atoms with Crippen molar-refractivity contribution in [3.8, 4) is 5.75 Å². The normalized spacial score (nSPS) is 15.1. The van der Waals surface area contributed by atoms with Gasteiger partial charge < -0.3 is 14.8 Å². The van der Waals surface area contributed by atoms with Crippen LogP contribution in [0.15, 0.2) is 42.5 Å². The highest BCUT2D eigenvalue weighted by molar-refractivity contribution is 6.01. The summed E-state index contributed by atoms with van der Waals surface area (Å²) in [6, 6.07) is 13.2. The van der Waals surface area contributed by atoms with Gasteiger partial charge in [0.25, 0.3) is 0 Å². The Bertz CT molecular complexity index is 869. The van der Waals surface area contributed by atoms with Crippen molar-refractivity contribution in [2.45, 2.75) is 44.9 Å². The van der Waals surface area contributed by atoms with Crippen molar-refractivity contribution < 1.29 is 19.1 Å². The zero-order valence-corrected chi connectivity index (χ0v) is 16.7. The third-order valence-corrected chi connectivity index (χ3v) is 5.42. The van der Waals surface area contributed by atoms with E-state index in [1.165, 1.54) is 7.11 Å². The van der Waals surface area contributed by atoms with Gasteiger partial charge in [0.2, 0.25) is 5.91 Å². The third-order valence-electron chi connectivity index (χ3n) is 5.42. The molecular formula is C23H27NO4. The molecule has 2 aromatic rings. The lowest BCUT2D eigenvalue weighted by Gasteiger charge is -2.29. The fourth-order valence-corrected chi connectivity index (χ4v) is 3.97. The van der Waals surface area contributed by atoms with Gasteiger partial charge in [-0.1, -0.05) is 42.7 Å². The number of benzene rings is 2. The van der Waals surface area contributed by atoms with Crippen LogP contribution in [0.1, 0.15) is 54.1 Å². The Morgan fingerprint density at radius 1 is 1.11 bits per heavy atom. The zero-order chi connectivity index (χ0) is 20.1. The van der Waals surface area contributed by atoms with Crippen LogP contribution in [0.2, 0.25) is 0 Å². The van der Waals surface area contributed by atoms with Crippen molar-refractivity contribution >= 4 is 17.6 Å². The molecular weight excluding hydrogens is 354 g/mol. The van der Waals surface area contributed by atoms with Crippen molar-refractivity contribution in [3.05, 3.63) is 59.2 Å². The summed E-state index contributed by atoms with van der Waals surface area (Å²) < 4.78 is 10.4. The van der Waals surface area contributed by atoms with Gasteiger partial charge in [0.05, 0.1) is 19.1 Å². The lowest BCUT2D eigenvalue weighted by Crippen LogP contribution is -2.38. The highest BCUT2D eigenvalue weighted by atomic mass is 16.5. The van der Waals surface area contributed by atoms with Gasteiger partial charge >= 0.3 is 5.97 Å². The minimum atomic E-state index is -0.532. The summed E-state index contributed by atoms with van der Waals surface area (Å²) in [6.45, 7) is 4.07. The lowest BCUT2D eigenvalue weighted by molar-refractivity contribution is -0.121. The predicted octanol–water partition coefficient (Wildman–Crippen LogP) is 4.63. The first-order valence-corrected chi connectivity index (χ1v) is 9.74. The first-order chi connectivity index (χ1) is 13.5. The van der Waals surface area contributed by atoms with Crippen LogP contribution in [-0.4, -0.2) is 25.6 Å². The molecule has 0 spiro atoms. The van der Waals surface area contributed by atoms with Crippen LogP contribution in [0, 0.1) is 6.92 Å². The Kier molecular flexibility index (Phi) is 6.02. The summed E-state index contributed by atoms with van der Waals surface area (Å²) in [5.41, 5.74) is 2.54. The van der Waals surface area contributed by atoms with E-state index in [4.69, 9.17) is 9.47 Å². The molecule has 0 heterocycles. The Morgan fingerprint density at radius 2 is 1.86 bits per heavy atom. The molecule has 0 aliphatic heterocycles. The minimum absolute atomic E-state index is 0.0319. The topological polar surface area (TPSA) is 64.6 Å². The molecule has 5 heteroatoms. The number of anilines is 1. The van der Waals surface area contributed by atoms with Crippen LogP contribution in [-0.2, 0) is 14.9 Å². The number of hydrogen-bond acceptors (Lipinski definition) is 4. The summed E-state index contributed by atoms with van der Waals surface area (Å²) in [6.07, 6.45) is 3.70. The van der Waals surface area contributed by atoms with E-state index >= 15 is 0 Å². The number of carbonyl (C=O) groups excluding carboxylic acids is 2. The molecule has 1 aliphatic carbocycles. The fraction of sp³-hybridized carbons (Fsp3) is 0.391. The van der Waals surface area contributed by atoms with E-state index < -0.39 is 11.4 Å². The number of carbonyl (C=O) groups is 2. The number of methoxy groups -OCH3 is 1. The number of nitrogens with one attached hydrogen (secondary N) is 1. The second-order valence-electron chi connectivity index (χ2n) is 7.25. The summed E-state index contributed by atoms with van der Waals surface area (Å²) >= 11 is 0. The van der Waals surface area contributed by atoms with E-state index in [1.54, 1.807) is 25.1 Å². The second-order valence-corrected chi connectivity index (χ2v) is 7.25.